The molecule has 6 nitrogen and oxygen atoms in total. The van der Waals surface area contributed by atoms with Gasteiger partial charge >= 0.3 is 0 Å². The molecule has 0 bridgehead atoms. The molecule has 238 valence electrons. The van der Waals surface area contributed by atoms with Crippen LogP contribution in [0.3, 0.4) is 0 Å². The Hall–Kier alpha value is -7.05. The van der Waals surface area contributed by atoms with Gasteiger partial charge in [0, 0.05) is 43.4 Å². The molecule has 0 spiro atoms. The largest absolute Gasteiger partial charge is 0.456 e. The Morgan fingerprint density at radius 2 is 1.16 bits per heavy atom. The van der Waals surface area contributed by atoms with E-state index in [2.05, 4.69) is 6.07 Å². The Morgan fingerprint density at radius 3 is 2.00 bits per heavy atom. The second-order valence-corrected chi connectivity index (χ2v) is 12.3. The van der Waals surface area contributed by atoms with Crippen molar-refractivity contribution in [3.05, 3.63) is 158 Å². The highest BCUT2D eigenvalue weighted by atomic mass is 16.3. The highest BCUT2D eigenvalue weighted by molar-refractivity contribution is 6.27. The molecule has 0 aliphatic rings. The predicted molar refractivity (Wildman–Crippen MR) is 205 cm³/mol. The van der Waals surface area contributed by atoms with Crippen LogP contribution in [0.1, 0.15) is 8.22 Å². The Balaban J connectivity index is 1.24. The van der Waals surface area contributed by atoms with E-state index in [4.69, 9.17) is 27.9 Å². The van der Waals surface area contributed by atoms with E-state index in [1.807, 2.05) is 95.6 Å². The van der Waals surface area contributed by atoms with Gasteiger partial charge < -0.3 is 8.83 Å². The topological polar surface area (TPSA) is 69.9 Å². The molecule has 11 rings (SSSR count). The van der Waals surface area contributed by atoms with E-state index < -0.39 is 0 Å². The summed E-state index contributed by atoms with van der Waals surface area (Å²) in [5, 5.41) is 4.20. The minimum absolute atomic E-state index is 0.0118. The van der Waals surface area contributed by atoms with Gasteiger partial charge in [-0.15, -0.1) is 0 Å². The maximum Gasteiger partial charge on any atom is 0.238 e. The fourth-order valence-electron chi connectivity index (χ4n) is 7.16. The molecule has 0 aliphatic heterocycles. The van der Waals surface area contributed by atoms with Gasteiger partial charge in [0.25, 0.3) is 0 Å². The monoisotopic (exact) mass is 660 g/mol. The molecule has 51 heavy (non-hydrogen) atoms. The van der Waals surface area contributed by atoms with Gasteiger partial charge in [-0.3, -0.25) is 4.57 Å². The minimum Gasteiger partial charge on any atom is -0.456 e. The Labute approximate surface area is 299 Å². The van der Waals surface area contributed by atoms with E-state index in [1.54, 1.807) is 24.3 Å². The van der Waals surface area contributed by atoms with Crippen LogP contribution in [-0.2, 0) is 0 Å². The minimum atomic E-state index is -0.341. The van der Waals surface area contributed by atoms with Crippen molar-refractivity contribution in [2.75, 3.05) is 0 Å². The van der Waals surface area contributed by atoms with Gasteiger partial charge in [0.1, 0.15) is 22.3 Å². The maximum absolute atomic E-state index is 9.56. The molecule has 0 amide bonds. The Bertz CT molecular complexity index is 3490. The van der Waals surface area contributed by atoms with Gasteiger partial charge in [-0.25, -0.2) is 4.98 Å². The standard InChI is InChI=1S/C45H26N4O2/c1-3-12-27(13-4-1)30-18-11-21-37-40(30)33-23-22-29(26-39(33)51-37)44-46-43(28-14-5-2-6-15-28)47-45(48-44)49-34-19-9-7-16-31(34)41-35(49)24-25-38-42(41)32-17-8-10-20-36(32)50-38/h1-26H/i11D,18D,21D,22D,23D,26D. The number of benzene rings is 7. The van der Waals surface area contributed by atoms with Crippen LogP contribution in [0.25, 0.3) is 106 Å². The van der Waals surface area contributed by atoms with Crippen molar-refractivity contribution in [2.24, 2.45) is 0 Å². The fraction of sp³-hybridized carbons (Fsp3) is 0. The van der Waals surface area contributed by atoms with E-state index in [-0.39, 0.29) is 75.5 Å². The molecule has 7 aromatic carbocycles. The second kappa shape index (κ2) is 10.7. The lowest BCUT2D eigenvalue weighted by Crippen LogP contribution is -2.06. The van der Waals surface area contributed by atoms with Gasteiger partial charge in [-0.2, -0.15) is 9.97 Å². The van der Waals surface area contributed by atoms with Crippen LogP contribution in [-0.4, -0.2) is 19.5 Å². The third kappa shape index (κ3) is 4.20. The number of furan rings is 2. The summed E-state index contributed by atoms with van der Waals surface area (Å²) < 4.78 is 69.1. The van der Waals surface area contributed by atoms with E-state index in [0.717, 1.165) is 43.7 Å². The summed E-state index contributed by atoms with van der Waals surface area (Å²) in [6.07, 6.45) is 0. The summed E-state index contributed by atoms with van der Waals surface area (Å²) in [6.45, 7) is 0. The van der Waals surface area contributed by atoms with Crippen LogP contribution in [0.4, 0.5) is 0 Å². The van der Waals surface area contributed by atoms with Crippen LogP contribution in [0.5, 0.6) is 0 Å². The number of nitrogens with zero attached hydrogens (tertiary/aromatic N) is 4. The third-order valence-corrected chi connectivity index (χ3v) is 9.39. The molecule has 0 aliphatic carbocycles. The van der Waals surface area contributed by atoms with Gasteiger partial charge in [0.05, 0.1) is 19.3 Å². The molecule has 0 atom stereocenters. The SMILES string of the molecule is [2H]c1c([2H])c(-c2ccccc2)c2c(oc3c([2H])c(-c4nc(-c5ccccc5)nc(-n5c6ccccc6c6c7c(ccc65)oc5ccccc57)n4)c([2H])c([2H])c32)c1[2H]. The van der Waals surface area contributed by atoms with Crippen LogP contribution in [0, 0.1) is 0 Å². The highest BCUT2D eigenvalue weighted by Crippen LogP contribution is 2.42. The molecule has 6 heteroatoms. The molecular weight excluding hydrogens is 629 g/mol. The lowest BCUT2D eigenvalue weighted by Gasteiger charge is -2.11. The van der Waals surface area contributed by atoms with E-state index >= 15 is 0 Å². The average Bonchev–Trinajstić information content (AvgIpc) is 3.93. The first-order valence-corrected chi connectivity index (χ1v) is 16.5. The molecule has 0 saturated carbocycles. The Morgan fingerprint density at radius 1 is 0.451 bits per heavy atom. The lowest BCUT2D eigenvalue weighted by atomic mass is 9.99. The highest BCUT2D eigenvalue weighted by Gasteiger charge is 2.22. The van der Waals surface area contributed by atoms with Crippen molar-refractivity contribution < 1.29 is 17.1 Å². The number of hydrogen-bond donors (Lipinski definition) is 0. The second-order valence-electron chi connectivity index (χ2n) is 12.3. The molecule has 11 aromatic rings. The van der Waals surface area contributed by atoms with Crippen LogP contribution in [0.2, 0.25) is 0 Å². The van der Waals surface area contributed by atoms with Crippen LogP contribution in [0.15, 0.2) is 166 Å². The molecule has 0 saturated heterocycles. The first kappa shape index (κ1) is 22.6. The average molecular weight is 661 g/mol. The van der Waals surface area contributed by atoms with Crippen molar-refractivity contribution in [3.63, 3.8) is 0 Å². The first-order valence-electron chi connectivity index (χ1n) is 19.5. The molecule has 4 aromatic heterocycles. The summed E-state index contributed by atoms with van der Waals surface area (Å²) >= 11 is 0. The van der Waals surface area contributed by atoms with Gasteiger partial charge in [0.2, 0.25) is 5.95 Å². The summed E-state index contributed by atoms with van der Waals surface area (Å²) in [7, 11) is 0. The normalized spacial score (nSPS) is 13.6. The molecular formula is C45H26N4O2. The zero-order chi connectivity index (χ0) is 38.7. The summed E-state index contributed by atoms with van der Waals surface area (Å²) in [6, 6.07) is 36.4. The third-order valence-electron chi connectivity index (χ3n) is 9.39. The zero-order valence-electron chi connectivity index (χ0n) is 32.7. The molecule has 0 radical (unpaired) electrons. The van der Waals surface area contributed by atoms with Crippen LogP contribution >= 0.6 is 0 Å². The summed E-state index contributed by atoms with van der Waals surface area (Å²) in [4.78, 5) is 14.9. The quantitative estimate of drug-likeness (QED) is 0.188. The smallest absolute Gasteiger partial charge is 0.238 e. The number of aromatic nitrogens is 4. The van der Waals surface area contributed by atoms with Gasteiger partial charge in [0.15, 0.2) is 11.6 Å². The van der Waals surface area contributed by atoms with Crippen LogP contribution < -0.4 is 0 Å². The van der Waals surface area contributed by atoms with Crippen molar-refractivity contribution in [1.29, 1.82) is 0 Å². The summed E-state index contributed by atoms with van der Waals surface area (Å²) in [5.74, 6) is 0.524. The number of hydrogen-bond acceptors (Lipinski definition) is 5. The molecule has 0 N–H and O–H groups in total. The van der Waals surface area contributed by atoms with Crippen molar-refractivity contribution in [2.45, 2.75) is 0 Å². The fourth-order valence-corrected chi connectivity index (χ4v) is 7.16. The summed E-state index contributed by atoms with van der Waals surface area (Å²) in [5.41, 5.74) is 4.56. The van der Waals surface area contributed by atoms with Crippen molar-refractivity contribution >= 4 is 65.7 Å². The number of fused-ring (bicyclic) bond motifs is 10. The maximum atomic E-state index is 9.56. The molecule has 4 heterocycles. The number of rotatable bonds is 4. The molecule has 0 unspecified atom stereocenters. The van der Waals surface area contributed by atoms with E-state index in [9.17, 15) is 4.11 Å². The van der Waals surface area contributed by atoms with Gasteiger partial charge in [-0.1, -0.05) is 115 Å². The van der Waals surface area contributed by atoms with Crippen molar-refractivity contribution in [1.82, 2.24) is 19.5 Å². The Kier molecular flexibility index (Phi) is 4.74. The van der Waals surface area contributed by atoms with Crippen molar-refractivity contribution in [3.8, 4) is 39.9 Å². The predicted octanol–water partition coefficient (Wildman–Crippen LogP) is 11.8. The zero-order valence-corrected chi connectivity index (χ0v) is 26.7. The van der Waals surface area contributed by atoms with Gasteiger partial charge in [-0.05, 0) is 53.5 Å². The van der Waals surface area contributed by atoms with E-state index in [0.29, 0.717) is 22.5 Å². The lowest BCUT2D eigenvalue weighted by molar-refractivity contribution is 0.669. The van der Waals surface area contributed by atoms with E-state index in [1.165, 1.54) is 0 Å². The first-order chi connectivity index (χ1) is 27.8. The number of para-hydroxylation sites is 2. The molecule has 0 fully saturated rings.